The zero-order chi connectivity index (χ0) is 14.7. The Morgan fingerprint density at radius 2 is 2.05 bits per heavy atom. The number of nitrogens with zero attached hydrogens (tertiary/aromatic N) is 1. The summed E-state index contributed by atoms with van der Waals surface area (Å²) in [5, 5.41) is 4.83. The molecule has 0 saturated carbocycles. The van der Waals surface area contributed by atoms with Crippen LogP contribution in [-0.2, 0) is 10.0 Å². The summed E-state index contributed by atoms with van der Waals surface area (Å²) in [6, 6.07) is 7.01. The highest BCUT2D eigenvalue weighted by Crippen LogP contribution is 2.22. The maximum atomic E-state index is 12.5. The van der Waals surface area contributed by atoms with Crippen LogP contribution in [0.25, 0.3) is 10.8 Å². The van der Waals surface area contributed by atoms with Gasteiger partial charge in [0.25, 0.3) is 0 Å². The van der Waals surface area contributed by atoms with Gasteiger partial charge in [-0.05, 0) is 44.0 Å². The molecular formula is C15H19N3O2S. The van der Waals surface area contributed by atoms with Gasteiger partial charge in [-0.2, -0.15) is 0 Å². The van der Waals surface area contributed by atoms with Crippen molar-refractivity contribution in [1.29, 1.82) is 0 Å². The minimum Gasteiger partial charge on any atom is -0.317 e. The Balaban J connectivity index is 1.83. The van der Waals surface area contributed by atoms with Crippen LogP contribution in [0, 0.1) is 5.92 Å². The fourth-order valence-electron chi connectivity index (χ4n) is 2.72. The Morgan fingerprint density at radius 1 is 1.24 bits per heavy atom. The van der Waals surface area contributed by atoms with Crippen molar-refractivity contribution in [3.8, 4) is 0 Å². The van der Waals surface area contributed by atoms with Crippen LogP contribution in [0.5, 0.6) is 0 Å². The molecule has 1 aliphatic heterocycles. The van der Waals surface area contributed by atoms with Crippen LogP contribution >= 0.6 is 0 Å². The molecule has 1 aromatic carbocycles. The highest BCUT2D eigenvalue weighted by Gasteiger charge is 2.20. The van der Waals surface area contributed by atoms with Crippen molar-refractivity contribution in [2.75, 3.05) is 19.6 Å². The molecule has 0 spiro atoms. The average Bonchev–Trinajstić information content (AvgIpc) is 2.53. The molecule has 1 aliphatic rings. The minimum absolute atomic E-state index is 0.330. The largest absolute Gasteiger partial charge is 0.317 e. The first kappa shape index (κ1) is 14.4. The maximum absolute atomic E-state index is 12.5. The number of sulfonamides is 1. The van der Waals surface area contributed by atoms with E-state index in [9.17, 15) is 8.42 Å². The first-order chi connectivity index (χ1) is 10.2. The van der Waals surface area contributed by atoms with Gasteiger partial charge in [0.15, 0.2) is 0 Å². The predicted molar refractivity (Wildman–Crippen MR) is 82.5 cm³/mol. The van der Waals surface area contributed by atoms with Gasteiger partial charge in [-0.1, -0.05) is 12.1 Å². The second-order valence-electron chi connectivity index (χ2n) is 5.40. The number of nitrogens with one attached hydrogen (secondary N) is 2. The summed E-state index contributed by atoms with van der Waals surface area (Å²) in [4.78, 5) is 4.36. The zero-order valence-corrected chi connectivity index (χ0v) is 12.6. The molecule has 0 atom stereocenters. The molecule has 0 unspecified atom stereocenters. The Labute approximate surface area is 124 Å². The predicted octanol–water partition coefficient (Wildman–Crippen LogP) is 1.51. The third kappa shape index (κ3) is 3.23. The summed E-state index contributed by atoms with van der Waals surface area (Å²) >= 11 is 0. The van der Waals surface area contributed by atoms with Crippen LogP contribution in [0.4, 0.5) is 0 Å². The van der Waals surface area contributed by atoms with Gasteiger partial charge in [-0.15, -0.1) is 0 Å². The fourth-order valence-corrected chi connectivity index (χ4v) is 4.06. The Kier molecular flexibility index (Phi) is 4.19. The van der Waals surface area contributed by atoms with Crippen molar-refractivity contribution in [3.05, 3.63) is 36.7 Å². The van der Waals surface area contributed by atoms with Gasteiger partial charge in [-0.3, -0.25) is 4.98 Å². The van der Waals surface area contributed by atoms with Crippen LogP contribution in [0.1, 0.15) is 12.8 Å². The summed E-state index contributed by atoms with van der Waals surface area (Å²) in [5.41, 5.74) is 0. The summed E-state index contributed by atoms with van der Waals surface area (Å²) in [7, 11) is -3.48. The minimum atomic E-state index is -3.48. The van der Waals surface area contributed by atoms with Gasteiger partial charge in [0.05, 0.1) is 4.90 Å². The molecule has 112 valence electrons. The van der Waals surface area contributed by atoms with Crippen LogP contribution in [0.3, 0.4) is 0 Å². The van der Waals surface area contributed by atoms with Gasteiger partial charge in [-0.25, -0.2) is 13.1 Å². The standard InChI is InChI=1S/C15H19N3O2S/c19-21(20,18-10-12-4-7-16-8-5-12)15-3-1-2-13-11-17-9-6-14(13)15/h1-3,6,9,11-12,16,18H,4-5,7-8,10H2. The molecule has 3 rings (SSSR count). The quantitative estimate of drug-likeness (QED) is 0.898. The first-order valence-electron chi connectivity index (χ1n) is 7.20. The molecule has 2 heterocycles. The third-order valence-electron chi connectivity index (χ3n) is 3.95. The molecule has 1 fully saturated rings. The van der Waals surface area contributed by atoms with Crippen molar-refractivity contribution in [2.45, 2.75) is 17.7 Å². The van der Waals surface area contributed by atoms with Crippen molar-refractivity contribution in [1.82, 2.24) is 15.0 Å². The van der Waals surface area contributed by atoms with E-state index < -0.39 is 10.0 Å². The lowest BCUT2D eigenvalue weighted by Gasteiger charge is -2.22. The molecular weight excluding hydrogens is 286 g/mol. The van der Waals surface area contributed by atoms with Crippen LogP contribution < -0.4 is 10.0 Å². The van der Waals surface area contributed by atoms with E-state index in [1.807, 2.05) is 6.07 Å². The Hall–Kier alpha value is -1.50. The lowest BCUT2D eigenvalue weighted by atomic mass is 9.99. The average molecular weight is 305 g/mol. The van der Waals surface area contributed by atoms with Crippen LogP contribution in [0.15, 0.2) is 41.6 Å². The van der Waals surface area contributed by atoms with Crippen molar-refractivity contribution in [3.63, 3.8) is 0 Å². The highest BCUT2D eigenvalue weighted by atomic mass is 32.2. The molecule has 2 aromatic rings. The highest BCUT2D eigenvalue weighted by molar-refractivity contribution is 7.89. The summed E-state index contributed by atoms with van der Waals surface area (Å²) in [6.45, 7) is 2.43. The van der Waals surface area contributed by atoms with E-state index in [0.717, 1.165) is 31.3 Å². The number of piperidine rings is 1. The van der Waals surface area contributed by atoms with Gasteiger partial charge in [0, 0.05) is 29.7 Å². The summed E-state index contributed by atoms with van der Waals surface area (Å²) < 4.78 is 27.8. The van der Waals surface area contributed by atoms with E-state index >= 15 is 0 Å². The number of benzene rings is 1. The third-order valence-corrected chi connectivity index (χ3v) is 5.43. The van der Waals surface area contributed by atoms with Gasteiger partial charge >= 0.3 is 0 Å². The second-order valence-corrected chi connectivity index (χ2v) is 7.13. The molecule has 0 amide bonds. The smallest absolute Gasteiger partial charge is 0.241 e. The van der Waals surface area contributed by atoms with Crippen molar-refractivity contribution >= 4 is 20.8 Å². The molecule has 6 heteroatoms. The maximum Gasteiger partial charge on any atom is 0.241 e. The second kappa shape index (κ2) is 6.09. The molecule has 2 N–H and O–H groups in total. The van der Waals surface area contributed by atoms with Crippen LogP contribution in [-0.4, -0.2) is 33.0 Å². The number of hydrogen-bond donors (Lipinski definition) is 2. The summed E-state index contributed by atoms with van der Waals surface area (Å²) in [6.07, 6.45) is 5.33. The molecule has 5 nitrogen and oxygen atoms in total. The SMILES string of the molecule is O=S(=O)(NCC1CCNCC1)c1cccc2cnccc12. The van der Waals surface area contributed by atoms with E-state index in [4.69, 9.17) is 0 Å². The Bertz CT molecular complexity index is 719. The zero-order valence-electron chi connectivity index (χ0n) is 11.7. The molecule has 0 aliphatic carbocycles. The number of aromatic nitrogens is 1. The number of fused-ring (bicyclic) bond motifs is 1. The topological polar surface area (TPSA) is 71.1 Å². The van der Waals surface area contributed by atoms with Gasteiger partial charge in [0.1, 0.15) is 0 Å². The van der Waals surface area contributed by atoms with E-state index in [-0.39, 0.29) is 0 Å². The monoisotopic (exact) mass is 305 g/mol. The molecule has 0 bridgehead atoms. The number of rotatable bonds is 4. The van der Waals surface area contributed by atoms with Crippen molar-refractivity contribution < 1.29 is 8.42 Å². The normalized spacial score (nSPS) is 17.1. The lowest BCUT2D eigenvalue weighted by molar-refractivity contribution is 0.372. The van der Waals surface area contributed by atoms with Crippen molar-refractivity contribution in [2.24, 2.45) is 5.92 Å². The van der Waals surface area contributed by atoms with E-state index in [1.165, 1.54) is 0 Å². The number of hydrogen-bond acceptors (Lipinski definition) is 4. The fraction of sp³-hybridized carbons (Fsp3) is 0.400. The lowest BCUT2D eigenvalue weighted by Crippen LogP contribution is -2.36. The van der Waals surface area contributed by atoms with Crippen LogP contribution in [0.2, 0.25) is 0 Å². The van der Waals surface area contributed by atoms with E-state index in [1.54, 1.807) is 30.6 Å². The Morgan fingerprint density at radius 3 is 2.86 bits per heavy atom. The number of pyridine rings is 1. The molecule has 1 saturated heterocycles. The van der Waals surface area contributed by atoms with E-state index in [0.29, 0.717) is 22.7 Å². The molecule has 1 aromatic heterocycles. The molecule has 21 heavy (non-hydrogen) atoms. The van der Waals surface area contributed by atoms with E-state index in [2.05, 4.69) is 15.0 Å². The van der Waals surface area contributed by atoms with Gasteiger partial charge in [0.2, 0.25) is 10.0 Å². The first-order valence-corrected chi connectivity index (χ1v) is 8.68. The summed E-state index contributed by atoms with van der Waals surface area (Å²) in [5.74, 6) is 0.415. The molecule has 0 radical (unpaired) electrons. The van der Waals surface area contributed by atoms with Gasteiger partial charge < -0.3 is 5.32 Å².